The number of piperidine rings is 1. The Morgan fingerprint density at radius 1 is 1.09 bits per heavy atom. The third kappa shape index (κ3) is 4.85. The largest absolute Gasteiger partial charge is 0.497 e. The van der Waals surface area contributed by atoms with Gasteiger partial charge in [-0.25, -0.2) is 4.98 Å². The Bertz CT molecular complexity index is 1130. The van der Waals surface area contributed by atoms with Crippen molar-refractivity contribution in [3.8, 4) is 5.75 Å². The van der Waals surface area contributed by atoms with Gasteiger partial charge in [0.15, 0.2) is 0 Å². The molecule has 0 atom stereocenters. The van der Waals surface area contributed by atoms with Crippen LogP contribution in [0.5, 0.6) is 5.75 Å². The summed E-state index contributed by atoms with van der Waals surface area (Å²) in [5, 5.41) is 0.680. The highest BCUT2D eigenvalue weighted by atomic mass is 16.5. The van der Waals surface area contributed by atoms with Crippen LogP contribution in [0.15, 0.2) is 53.3 Å². The number of ether oxygens (including phenoxy) is 1. The van der Waals surface area contributed by atoms with E-state index < -0.39 is 0 Å². The molecule has 1 aliphatic heterocycles. The molecule has 6 heteroatoms. The number of nitrogens with zero attached hydrogens (tertiary/aromatic N) is 3. The van der Waals surface area contributed by atoms with Crippen LogP contribution >= 0.6 is 0 Å². The number of carbonyl (C=O) groups excluding carboxylic acids is 1. The lowest BCUT2D eigenvalue weighted by atomic mass is 9.96. The maximum atomic E-state index is 13.2. The fourth-order valence-electron chi connectivity index (χ4n) is 4.47. The van der Waals surface area contributed by atoms with Gasteiger partial charge < -0.3 is 9.64 Å². The number of likely N-dealkylation sites (tertiary alicyclic amines) is 1. The number of hydrogen-bond donors (Lipinski definition) is 0. The summed E-state index contributed by atoms with van der Waals surface area (Å²) in [5.74, 6) is 2.19. The van der Waals surface area contributed by atoms with Crippen molar-refractivity contribution < 1.29 is 9.53 Å². The summed E-state index contributed by atoms with van der Waals surface area (Å²) in [5.41, 5.74) is 1.82. The Labute approximate surface area is 188 Å². The molecule has 1 aliphatic rings. The second-order valence-electron chi connectivity index (χ2n) is 8.56. The summed E-state index contributed by atoms with van der Waals surface area (Å²) in [7, 11) is 1.64. The molecule has 1 amide bonds. The van der Waals surface area contributed by atoms with E-state index >= 15 is 0 Å². The third-order valence-electron chi connectivity index (χ3n) is 6.34. The van der Waals surface area contributed by atoms with Crippen LogP contribution in [-0.4, -0.2) is 40.6 Å². The molecule has 0 spiro atoms. The zero-order valence-electron chi connectivity index (χ0n) is 18.9. The van der Waals surface area contributed by atoms with Crippen LogP contribution in [0.25, 0.3) is 10.9 Å². The Balaban J connectivity index is 1.41. The standard InChI is InChI=1S/C26H31N3O3/c1-3-6-24-27-23-8-5-4-7-22(23)26(31)29(24)18-20-13-15-28(16-14-20)25(30)17-19-9-11-21(32-2)12-10-19/h4-5,7-12,20H,3,6,13-18H2,1-2H3. The van der Waals surface area contributed by atoms with Gasteiger partial charge in [-0.05, 0) is 55.0 Å². The number of amides is 1. The Morgan fingerprint density at radius 2 is 1.81 bits per heavy atom. The zero-order chi connectivity index (χ0) is 22.5. The first-order valence-electron chi connectivity index (χ1n) is 11.5. The van der Waals surface area contributed by atoms with Crippen LogP contribution < -0.4 is 10.3 Å². The third-order valence-corrected chi connectivity index (χ3v) is 6.34. The average molecular weight is 434 g/mol. The molecule has 0 bridgehead atoms. The summed E-state index contributed by atoms with van der Waals surface area (Å²) in [4.78, 5) is 32.7. The quantitative estimate of drug-likeness (QED) is 0.568. The number of aryl methyl sites for hydroxylation is 1. The van der Waals surface area contributed by atoms with E-state index in [9.17, 15) is 9.59 Å². The number of fused-ring (bicyclic) bond motifs is 1. The number of benzene rings is 2. The second-order valence-corrected chi connectivity index (χ2v) is 8.56. The average Bonchev–Trinajstić information content (AvgIpc) is 2.82. The van der Waals surface area contributed by atoms with Crippen LogP contribution in [0.3, 0.4) is 0 Å². The molecule has 32 heavy (non-hydrogen) atoms. The van der Waals surface area contributed by atoms with E-state index in [-0.39, 0.29) is 11.5 Å². The first-order valence-corrected chi connectivity index (χ1v) is 11.5. The van der Waals surface area contributed by atoms with Crippen LogP contribution in [0.2, 0.25) is 0 Å². The van der Waals surface area contributed by atoms with Crippen molar-refractivity contribution >= 4 is 16.8 Å². The minimum atomic E-state index is 0.0528. The van der Waals surface area contributed by atoms with Crippen LogP contribution in [0.1, 0.15) is 37.6 Å². The van der Waals surface area contributed by atoms with Crippen LogP contribution in [0, 0.1) is 5.92 Å². The number of para-hydroxylation sites is 1. The van der Waals surface area contributed by atoms with Gasteiger partial charge >= 0.3 is 0 Å². The maximum absolute atomic E-state index is 13.2. The van der Waals surface area contributed by atoms with E-state index in [1.165, 1.54) is 0 Å². The Hall–Kier alpha value is -3.15. The predicted octanol–water partition coefficient (Wildman–Crippen LogP) is 3.84. The van der Waals surface area contributed by atoms with Gasteiger partial charge in [-0.3, -0.25) is 14.2 Å². The normalized spacial score (nSPS) is 14.6. The topological polar surface area (TPSA) is 64.4 Å². The highest BCUT2D eigenvalue weighted by Crippen LogP contribution is 2.21. The first-order chi connectivity index (χ1) is 15.6. The molecule has 1 aromatic heterocycles. The van der Waals surface area contributed by atoms with Crippen LogP contribution in [-0.2, 0) is 24.2 Å². The molecular formula is C26H31N3O3. The van der Waals surface area contributed by atoms with Gasteiger partial charge in [-0.15, -0.1) is 0 Å². The lowest BCUT2D eigenvalue weighted by Gasteiger charge is -2.32. The molecule has 0 aliphatic carbocycles. The second kappa shape index (κ2) is 9.98. The van der Waals surface area contributed by atoms with E-state index in [1.807, 2.05) is 58.0 Å². The van der Waals surface area contributed by atoms with Crippen molar-refractivity contribution in [3.63, 3.8) is 0 Å². The summed E-state index contributed by atoms with van der Waals surface area (Å²) in [6.45, 7) is 4.25. The molecule has 6 nitrogen and oxygen atoms in total. The van der Waals surface area contributed by atoms with Crippen molar-refractivity contribution in [2.75, 3.05) is 20.2 Å². The fourth-order valence-corrected chi connectivity index (χ4v) is 4.47. The molecule has 3 aromatic rings. The van der Waals surface area contributed by atoms with Gasteiger partial charge in [-0.1, -0.05) is 31.2 Å². The number of methoxy groups -OCH3 is 1. The maximum Gasteiger partial charge on any atom is 0.261 e. The van der Waals surface area contributed by atoms with Crippen molar-refractivity contribution in [2.24, 2.45) is 5.92 Å². The molecule has 1 fully saturated rings. The lowest BCUT2D eigenvalue weighted by Crippen LogP contribution is -2.41. The van der Waals surface area contributed by atoms with E-state index in [4.69, 9.17) is 9.72 Å². The molecule has 4 rings (SSSR count). The van der Waals surface area contributed by atoms with Crippen molar-refractivity contribution in [1.29, 1.82) is 0 Å². The first kappa shape index (κ1) is 22.1. The van der Waals surface area contributed by atoms with Crippen molar-refractivity contribution in [2.45, 2.75) is 45.6 Å². The van der Waals surface area contributed by atoms with Gasteiger partial charge in [-0.2, -0.15) is 0 Å². The van der Waals surface area contributed by atoms with Crippen molar-refractivity contribution in [1.82, 2.24) is 14.5 Å². The molecule has 0 saturated carbocycles. The fraction of sp³-hybridized carbons (Fsp3) is 0.423. The van der Waals surface area contributed by atoms with Crippen LogP contribution in [0.4, 0.5) is 0 Å². The van der Waals surface area contributed by atoms with E-state index in [0.29, 0.717) is 24.3 Å². The molecule has 0 N–H and O–H groups in total. The highest BCUT2D eigenvalue weighted by Gasteiger charge is 2.24. The molecule has 168 valence electrons. The van der Waals surface area contributed by atoms with Gasteiger partial charge in [0.1, 0.15) is 11.6 Å². The van der Waals surface area contributed by atoms with Crippen molar-refractivity contribution in [3.05, 3.63) is 70.3 Å². The monoisotopic (exact) mass is 433 g/mol. The SMILES string of the molecule is CCCc1nc2ccccc2c(=O)n1CC1CCN(C(=O)Cc2ccc(OC)cc2)CC1. The van der Waals surface area contributed by atoms with Gasteiger partial charge in [0.05, 0.1) is 24.4 Å². The van der Waals surface area contributed by atoms with Gasteiger partial charge in [0.25, 0.3) is 5.56 Å². The summed E-state index contributed by atoms with van der Waals surface area (Å²) in [6, 6.07) is 15.2. The molecular weight excluding hydrogens is 402 g/mol. The van der Waals surface area contributed by atoms with E-state index in [0.717, 1.165) is 61.4 Å². The number of carbonyl (C=O) groups is 1. The number of hydrogen-bond acceptors (Lipinski definition) is 4. The minimum Gasteiger partial charge on any atom is -0.497 e. The summed E-state index contributed by atoms with van der Waals surface area (Å²) < 4.78 is 7.06. The molecule has 2 heterocycles. The molecule has 2 aromatic carbocycles. The number of rotatable bonds is 7. The minimum absolute atomic E-state index is 0.0528. The highest BCUT2D eigenvalue weighted by molar-refractivity contribution is 5.79. The van der Waals surface area contributed by atoms with E-state index in [2.05, 4.69) is 6.92 Å². The Kier molecular flexibility index (Phi) is 6.88. The predicted molar refractivity (Wildman–Crippen MR) is 126 cm³/mol. The lowest BCUT2D eigenvalue weighted by molar-refractivity contribution is -0.131. The van der Waals surface area contributed by atoms with Gasteiger partial charge in [0.2, 0.25) is 5.91 Å². The molecule has 0 radical (unpaired) electrons. The smallest absolute Gasteiger partial charge is 0.261 e. The zero-order valence-corrected chi connectivity index (χ0v) is 18.9. The molecule has 1 saturated heterocycles. The van der Waals surface area contributed by atoms with E-state index in [1.54, 1.807) is 7.11 Å². The molecule has 0 unspecified atom stereocenters. The summed E-state index contributed by atoms with van der Waals surface area (Å²) in [6.07, 6.45) is 3.95. The summed E-state index contributed by atoms with van der Waals surface area (Å²) >= 11 is 0. The van der Waals surface area contributed by atoms with Gasteiger partial charge in [0, 0.05) is 26.1 Å². The number of aromatic nitrogens is 2. The Morgan fingerprint density at radius 3 is 2.50 bits per heavy atom.